The minimum atomic E-state index is -1.54. The van der Waals surface area contributed by atoms with Gasteiger partial charge in [0.25, 0.3) is 0 Å². The number of imidazole rings is 1. The molecule has 0 spiro atoms. The topological polar surface area (TPSA) is 241 Å². The number of fused-ring (bicyclic) bond motifs is 1. The quantitative estimate of drug-likeness (QED) is 0.0947. The molecule has 1 aromatic carbocycles. The van der Waals surface area contributed by atoms with Gasteiger partial charge in [0.05, 0.1) is 19.0 Å². The molecule has 2 aromatic heterocycles. The Morgan fingerprint density at radius 3 is 2.30 bits per heavy atom. The molecule has 4 unspecified atom stereocenters. The van der Waals surface area contributed by atoms with Gasteiger partial charge in [0.15, 0.2) is 0 Å². The van der Waals surface area contributed by atoms with E-state index in [2.05, 4.69) is 30.9 Å². The van der Waals surface area contributed by atoms with Crippen LogP contribution in [0.25, 0.3) is 10.9 Å². The summed E-state index contributed by atoms with van der Waals surface area (Å²) in [5, 5.41) is 27.0. The van der Waals surface area contributed by atoms with Crippen molar-refractivity contribution in [3.8, 4) is 0 Å². The van der Waals surface area contributed by atoms with Gasteiger partial charge in [0, 0.05) is 41.8 Å². The van der Waals surface area contributed by atoms with Crippen molar-refractivity contribution in [3.05, 3.63) is 54.2 Å². The zero-order valence-electron chi connectivity index (χ0n) is 21.9. The summed E-state index contributed by atoms with van der Waals surface area (Å²) in [6, 6.07) is 2.71. The van der Waals surface area contributed by atoms with Crippen LogP contribution >= 0.6 is 0 Å². The number of carboxylic acids is 1. The maximum absolute atomic E-state index is 13.6. The minimum Gasteiger partial charge on any atom is -0.480 e. The molecule has 0 fully saturated rings. The summed E-state index contributed by atoms with van der Waals surface area (Å²) in [7, 11) is 0. The van der Waals surface area contributed by atoms with Crippen molar-refractivity contribution < 1.29 is 29.4 Å². The number of nitrogens with zero attached hydrogens (tertiary/aromatic N) is 1. The SMILES string of the molecule is NCCCCC(NC(=O)C(Cc1c[nH]c2ccccc12)NC(=O)C(N)Cc1cnc[nH]1)C(=O)NC(CO)C(=O)O. The number of carbonyl (C=O) groups excluding carboxylic acids is 3. The maximum atomic E-state index is 13.6. The summed E-state index contributed by atoms with van der Waals surface area (Å²) in [5.41, 5.74) is 13.9. The van der Waals surface area contributed by atoms with E-state index in [0.717, 1.165) is 16.5 Å². The molecule has 216 valence electrons. The van der Waals surface area contributed by atoms with Gasteiger partial charge in [-0.1, -0.05) is 18.2 Å². The monoisotopic (exact) mass is 556 g/mol. The highest BCUT2D eigenvalue weighted by Crippen LogP contribution is 2.19. The lowest BCUT2D eigenvalue weighted by Crippen LogP contribution is -2.58. The van der Waals surface area contributed by atoms with E-state index in [-0.39, 0.29) is 19.3 Å². The van der Waals surface area contributed by atoms with Crippen LogP contribution in [0.5, 0.6) is 0 Å². The van der Waals surface area contributed by atoms with Gasteiger partial charge in [-0.05, 0) is 37.4 Å². The predicted molar refractivity (Wildman–Crippen MR) is 146 cm³/mol. The maximum Gasteiger partial charge on any atom is 0.328 e. The smallest absolute Gasteiger partial charge is 0.328 e. The van der Waals surface area contributed by atoms with E-state index < -0.39 is 54.5 Å². The molecule has 11 N–H and O–H groups in total. The van der Waals surface area contributed by atoms with Gasteiger partial charge >= 0.3 is 5.97 Å². The number of benzene rings is 1. The van der Waals surface area contributed by atoms with Gasteiger partial charge in [-0.15, -0.1) is 0 Å². The van der Waals surface area contributed by atoms with Crippen LogP contribution in [0, 0.1) is 0 Å². The highest BCUT2D eigenvalue weighted by molar-refractivity contribution is 5.95. The summed E-state index contributed by atoms with van der Waals surface area (Å²) >= 11 is 0. The van der Waals surface area contributed by atoms with Crippen LogP contribution < -0.4 is 27.4 Å². The molecule has 2 heterocycles. The van der Waals surface area contributed by atoms with Crippen molar-refractivity contribution in [3.63, 3.8) is 0 Å². The van der Waals surface area contributed by atoms with Gasteiger partial charge in [0.2, 0.25) is 17.7 Å². The Bertz CT molecular complexity index is 1280. The van der Waals surface area contributed by atoms with Crippen LogP contribution in [0.4, 0.5) is 0 Å². The van der Waals surface area contributed by atoms with E-state index in [1.165, 1.54) is 6.33 Å². The molecule has 0 radical (unpaired) electrons. The number of rotatable bonds is 16. The van der Waals surface area contributed by atoms with E-state index in [1.54, 1.807) is 12.4 Å². The second-order valence-electron chi connectivity index (χ2n) is 9.44. The first kappa shape index (κ1) is 30.3. The fourth-order valence-corrected chi connectivity index (χ4v) is 4.23. The lowest BCUT2D eigenvalue weighted by molar-refractivity contribution is -0.143. The highest BCUT2D eigenvalue weighted by Gasteiger charge is 2.30. The number of aliphatic carboxylic acids is 1. The third-order valence-electron chi connectivity index (χ3n) is 6.44. The fraction of sp³-hybridized carbons (Fsp3) is 0.423. The van der Waals surface area contributed by atoms with Gasteiger partial charge in [0.1, 0.15) is 18.1 Å². The molecule has 0 saturated carbocycles. The summed E-state index contributed by atoms with van der Waals surface area (Å²) in [6.07, 6.45) is 6.21. The first-order chi connectivity index (χ1) is 19.2. The van der Waals surface area contributed by atoms with Crippen molar-refractivity contribution in [2.45, 2.75) is 56.3 Å². The largest absolute Gasteiger partial charge is 0.480 e. The predicted octanol–water partition coefficient (Wildman–Crippen LogP) is -1.34. The van der Waals surface area contributed by atoms with Crippen LogP contribution in [0.1, 0.15) is 30.5 Å². The summed E-state index contributed by atoms with van der Waals surface area (Å²) in [5.74, 6) is -3.43. The molecule has 3 aromatic rings. The van der Waals surface area contributed by atoms with Crippen molar-refractivity contribution >= 4 is 34.6 Å². The number of carboxylic acid groups (broad SMARTS) is 1. The molecule has 40 heavy (non-hydrogen) atoms. The summed E-state index contributed by atoms with van der Waals surface area (Å²) in [4.78, 5) is 60.7. The Labute approximate surface area is 230 Å². The Balaban J connectivity index is 1.81. The minimum absolute atomic E-state index is 0.0872. The van der Waals surface area contributed by atoms with E-state index in [9.17, 15) is 29.4 Å². The molecule has 0 aliphatic heterocycles. The number of amides is 3. The van der Waals surface area contributed by atoms with Crippen LogP contribution in [0.15, 0.2) is 43.0 Å². The number of hydrogen-bond acceptors (Lipinski definition) is 8. The highest BCUT2D eigenvalue weighted by atomic mass is 16.4. The number of aliphatic hydroxyl groups excluding tert-OH is 1. The Morgan fingerprint density at radius 1 is 0.925 bits per heavy atom. The van der Waals surface area contributed by atoms with Crippen molar-refractivity contribution in [2.75, 3.05) is 13.2 Å². The lowest BCUT2D eigenvalue weighted by atomic mass is 10.0. The molecule has 0 bridgehead atoms. The number of nitrogens with one attached hydrogen (secondary N) is 5. The third kappa shape index (κ3) is 8.36. The van der Waals surface area contributed by atoms with Crippen LogP contribution in [-0.4, -0.2) is 86.2 Å². The lowest BCUT2D eigenvalue weighted by Gasteiger charge is -2.25. The second-order valence-corrected chi connectivity index (χ2v) is 9.44. The number of carbonyl (C=O) groups is 4. The second kappa shape index (κ2) is 14.8. The Hall–Kier alpha value is -4.27. The molecule has 3 amide bonds. The standard InChI is InChI=1S/C26H36N8O6/c27-8-4-3-7-20(24(37)34-22(13-35)26(39)40)32-25(38)21(9-15-11-30-19-6-2-1-5-17(15)19)33-23(36)18(28)10-16-12-29-14-31-16/h1-2,5-6,11-12,14,18,20-22,30,35H,3-4,7-10,13,27-28H2,(H,29,31)(H,32,38)(H,33,36)(H,34,37)(H,39,40). The van der Waals surface area contributed by atoms with Gasteiger partial charge < -0.3 is 47.6 Å². The zero-order chi connectivity index (χ0) is 29.1. The number of para-hydroxylation sites is 1. The van der Waals surface area contributed by atoms with E-state index in [4.69, 9.17) is 11.5 Å². The van der Waals surface area contributed by atoms with E-state index in [1.807, 2.05) is 24.3 Å². The molecular weight excluding hydrogens is 520 g/mol. The van der Waals surface area contributed by atoms with Crippen molar-refractivity contribution in [1.29, 1.82) is 0 Å². The number of aliphatic hydroxyl groups is 1. The van der Waals surface area contributed by atoms with Gasteiger partial charge in [-0.25, -0.2) is 9.78 Å². The van der Waals surface area contributed by atoms with E-state index in [0.29, 0.717) is 25.1 Å². The molecule has 14 heteroatoms. The first-order valence-corrected chi connectivity index (χ1v) is 13.0. The Kier molecular flexibility index (Phi) is 11.2. The average Bonchev–Trinajstić information content (AvgIpc) is 3.60. The van der Waals surface area contributed by atoms with Crippen molar-refractivity contribution in [1.82, 2.24) is 30.9 Å². The average molecular weight is 557 g/mol. The Morgan fingerprint density at radius 2 is 1.62 bits per heavy atom. The molecule has 3 rings (SSSR count). The number of nitrogens with two attached hydrogens (primary N) is 2. The molecule has 0 aliphatic rings. The van der Waals surface area contributed by atoms with Crippen molar-refractivity contribution in [2.24, 2.45) is 11.5 Å². The molecule has 14 nitrogen and oxygen atoms in total. The van der Waals surface area contributed by atoms with Crippen LogP contribution in [-0.2, 0) is 32.0 Å². The molecular formula is C26H36N8O6. The summed E-state index contributed by atoms with van der Waals surface area (Å²) < 4.78 is 0. The van der Waals surface area contributed by atoms with Crippen LogP contribution in [0.2, 0.25) is 0 Å². The van der Waals surface area contributed by atoms with Crippen LogP contribution in [0.3, 0.4) is 0 Å². The first-order valence-electron chi connectivity index (χ1n) is 13.0. The molecule has 4 atom stereocenters. The fourth-order valence-electron chi connectivity index (χ4n) is 4.23. The molecule has 0 aliphatic carbocycles. The summed E-state index contributed by atoms with van der Waals surface area (Å²) in [6.45, 7) is -0.456. The number of aromatic nitrogens is 3. The van der Waals surface area contributed by atoms with Gasteiger partial charge in [-0.2, -0.15) is 0 Å². The number of aromatic amines is 2. The zero-order valence-corrected chi connectivity index (χ0v) is 21.9. The van der Waals surface area contributed by atoms with E-state index >= 15 is 0 Å². The van der Waals surface area contributed by atoms with Gasteiger partial charge in [-0.3, -0.25) is 14.4 Å². The number of hydrogen-bond donors (Lipinski definition) is 9. The number of unbranched alkanes of at least 4 members (excludes halogenated alkanes) is 1. The number of H-pyrrole nitrogens is 2. The molecule has 0 saturated heterocycles. The third-order valence-corrected chi connectivity index (χ3v) is 6.44. The normalized spacial score (nSPS) is 14.2.